The lowest BCUT2D eigenvalue weighted by atomic mass is 9.82. The van der Waals surface area contributed by atoms with Crippen molar-refractivity contribution in [1.82, 2.24) is 4.31 Å². The number of carbonyl (C=O) groups is 1. The van der Waals surface area contributed by atoms with Crippen molar-refractivity contribution in [2.24, 2.45) is 11.3 Å². The molecule has 2 aliphatic rings. The lowest BCUT2D eigenvalue weighted by molar-refractivity contribution is -0.163. The van der Waals surface area contributed by atoms with Gasteiger partial charge in [0.05, 0.1) is 23.0 Å². The van der Waals surface area contributed by atoms with Gasteiger partial charge in [-0.15, -0.1) is 0 Å². The number of rotatable bonds is 8. The van der Waals surface area contributed by atoms with E-state index in [-0.39, 0.29) is 0 Å². The maximum Gasteiger partial charge on any atom is 0.311 e. The van der Waals surface area contributed by atoms with E-state index < -0.39 is 45.6 Å². The summed E-state index contributed by atoms with van der Waals surface area (Å²) in [5.41, 5.74) is 4.54. The van der Waals surface area contributed by atoms with Crippen molar-refractivity contribution in [3.05, 3.63) is 64.2 Å². The summed E-state index contributed by atoms with van der Waals surface area (Å²) in [7, 11) is -2.27. The zero-order valence-corrected chi connectivity index (χ0v) is 25.2. The van der Waals surface area contributed by atoms with Crippen LogP contribution >= 0.6 is 0 Å². The first kappa shape index (κ1) is 29.8. The minimum Gasteiger partial charge on any atom is -0.455 e. The van der Waals surface area contributed by atoms with Crippen molar-refractivity contribution in [3.8, 4) is 0 Å². The van der Waals surface area contributed by atoms with E-state index in [1.165, 1.54) is 15.4 Å². The molecule has 2 aromatic carbocycles. The van der Waals surface area contributed by atoms with E-state index in [9.17, 15) is 18.3 Å². The Bertz CT molecular complexity index is 1250. The first-order chi connectivity index (χ1) is 18.3. The van der Waals surface area contributed by atoms with E-state index >= 15 is 0 Å². The second-order valence-corrected chi connectivity index (χ2v) is 14.5. The average molecular weight is 556 g/mol. The molecule has 0 fully saturated rings. The van der Waals surface area contributed by atoms with Gasteiger partial charge in [-0.1, -0.05) is 57.2 Å². The van der Waals surface area contributed by atoms with E-state index in [0.29, 0.717) is 4.90 Å². The molecule has 4 rings (SSSR count). The van der Waals surface area contributed by atoms with Crippen molar-refractivity contribution < 1.29 is 23.1 Å². The minimum atomic E-state index is -3.88. The van der Waals surface area contributed by atoms with Gasteiger partial charge in [0.1, 0.15) is 6.10 Å². The van der Waals surface area contributed by atoms with Crippen LogP contribution in [0.3, 0.4) is 0 Å². The lowest BCUT2D eigenvalue weighted by Gasteiger charge is -2.35. The van der Waals surface area contributed by atoms with Gasteiger partial charge < -0.3 is 9.84 Å². The van der Waals surface area contributed by atoms with Crippen LogP contribution in [0.2, 0.25) is 0 Å². The number of aliphatic hydroxyl groups is 1. The van der Waals surface area contributed by atoms with Gasteiger partial charge in [-0.3, -0.25) is 4.79 Å². The number of sulfonamides is 1. The summed E-state index contributed by atoms with van der Waals surface area (Å²) in [5, 5.41) is 10.8. The summed E-state index contributed by atoms with van der Waals surface area (Å²) in [5.74, 6) is -1.31. The number of benzene rings is 2. The standard InChI is InChI=1S/C32H45NO5S/c1-21(30(34)32(3,4)5)31(35)38-28(23-14-8-7-9-15-23)22(2)33(6)39(36,37)29-26-18-12-10-16-24(26)20-25-17-11-13-19-27(25)29/h7-9,14-15,20-22,28,30,34H,10-13,16-19H2,1-6H3/t21-,22+,28+,30-/m1/s1. The van der Waals surface area contributed by atoms with Crippen LogP contribution in [-0.2, 0) is 45.2 Å². The van der Waals surface area contributed by atoms with Crippen LogP contribution in [-0.4, -0.2) is 43.0 Å². The van der Waals surface area contributed by atoms with Crippen molar-refractivity contribution in [2.45, 2.75) is 109 Å². The molecule has 0 radical (unpaired) electrons. The molecule has 0 spiro atoms. The molecule has 7 heteroatoms. The second-order valence-electron chi connectivity index (χ2n) is 12.5. The highest BCUT2D eigenvalue weighted by Crippen LogP contribution is 2.39. The zero-order valence-electron chi connectivity index (χ0n) is 24.4. The number of ether oxygens (including phenoxy) is 1. The molecule has 6 nitrogen and oxygen atoms in total. The third-order valence-electron chi connectivity index (χ3n) is 8.67. The Labute approximate surface area is 234 Å². The van der Waals surface area contributed by atoms with Gasteiger partial charge in [0.15, 0.2) is 0 Å². The fourth-order valence-electron chi connectivity index (χ4n) is 6.15. The van der Waals surface area contributed by atoms with Crippen LogP contribution in [0.5, 0.6) is 0 Å². The summed E-state index contributed by atoms with van der Waals surface area (Å²) in [6.45, 7) is 9.09. The molecule has 4 atom stereocenters. The normalized spacial score (nSPS) is 19.0. The molecule has 214 valence electrons. The number of likely N-dealkylation sites (N-methyl/N-ethyl adjacent to an activating group) is 1. The molecule has 0 heterocycles. The van der Waals surface area contributed by atoms with Crippen molar-refractivity contribution in [3.63, 3.8) is 0 Å². The lowest BCUT2D eigenvalue weighted by Crippen LogP contribution is -2.43. The highest BCUT2D eigenvalue weighted by atomic mass is 32.2. The molecular formula is C32H45NO5S. The molecule has 0 saturated heterocycles. The van der Waals surface area contributed by atoms with Crippen LogP contribution < -0.4 is 0 Å². The predicted molar refractivity (Wildman–Crippen MR) is 154 cm³/mol. The Morgan fingerprint density at radius 3 is 1.95 bits per heavy atom. The van der Waals surface area contributed by atoms with Gasteiger partial charge in [0, 0.05) is 7.05 Å². The smallest absolute Gasteiger partial charge is 0.311 e. The van der Waals surface area contributed by atoms with Crippen LogP contribution in [0.4, 0.5) is 0 Å². The van der Waals surface area contributed by atoms with Gasteiger partial charge in [0.25, 0.3) is 0 Å². The van der Waals surface area contributed by atoms with Crippen molar-refractivity contribution in [2.75, 3.05) is 7.05 Å². The van der Waals surface area contributed by atoms with Crippen LogP contribution in [0, 0.1) is 11.3 Å². The van der Waals surface area contributed by atoms with Gasteiger partial charge >= 0.3 is 5.97 Å². The Morgan fingerprint density at radius 1 is 0.923 bits per heavy atom. The van der Waals surface area contributed by atoms with Crippen molar-refractivity contribution in [1.29, 1.82) is 0 Å². The molecule has 0 unspecified atom stereocenters. The van der Waals surface area contributed by atoms with E-state index in [4.69, 9.17) is 4.74 Å². The van der Waals surface area contributed by atoms with E-state index in [1.807, 2.05) is 51.1 Å². The fourth-order valence-corrected chi connectivity index (χ4v) is 8.08. The van der Waals surface area contributed by atoms with Crippen LogP contribution in [0.15, 0.2) is 41.3 Å². The Kier molecular flexibility index (Phi) is 8.94. The Balaban J connectivity index is 1.72. The summed E-state index contributed by atoms with van der Waals surface area (Å²) >= 11 is 0. The number of hydrogen-bond donors (Lipinski definition) is 1. The van der Waals surface area contributed by atoms with Gasteiger partial charge in [-0.05, 0) is 98.4 Å². The molecule has 0 amide bonds. The molecule has 2 aliphatic carbocycles. The first-order valence-corrected chi connectivity index (χ1v) is 15.9. The predicted octanol–water partition coefficient (Wildman–Crippen LogP) is 5.78. The summed E-state index contributed by atoms with van der Waals surface area (Å²) in [6, 6.07) is 10.9. The molecule has 0 saturated carbocycles. The third kappa shape index (κ3) is 6.10. The Morgan fingerprint density at radius 2 is 1.44 bits per heavy atom. The van der Waals surface area contributed by atoms with Gasteiger partial charge in [0.2, 0.25) is 10.0 Å². The number of fused-ring (bicyclic) bond motifs is 2. The number of carbonyl (C=O) groups excluding carboxylic acids is 1. The highest BCUT2D eigenvalue weighted by Gasteiger charge is 2.40. The topological polar surface area (TPSA) is 83.9 Å². The molecule has 2 aromatic rings. The molecule has 0 bridgehead atoms. The number of hydrogen-bond acceptors (Lipinski definition) is 5. The van der Waals surface area contributed by atoms with Crippen LogP contribution in [0.1, 0.15) is 94.2 Å². The van der Waals surface area contributed by atoms with E-state index in [1.54, 1.807) is 20.9 Å². The molecule has 0 aliphatic heterocycles. The number of nitrogens with zero attached hydrogens (tertiary/aromatic N) is 1. The summed E-state index contributed by atoms with van der Waals surface area (Å²) in [4.78, 5) is 13.8. The summed E-state index contributed by atoms with van der Waals surface area (Å²) in [6.07, 6.45) is 5.81. The van der Waals surface area contributed by atoms with E-state index in [2.05, 4.69) is 6.07 Å². The first-order valence-electron chi connectivity index (χ1n) is 14.4. The van der Waals surface area contributed by atoms with Crippen LogP contribution in [0.25, 0.3) is 0 Å². The number of esters is 1. The highest BCUT2D eigenvalue weighted by molar-refractivity contribution is 7.89. The molecule has 0 aromatic heterocycles. The minimum absolute atomic E-state index is 0.499. The number of aryl methyl sites for hydroxylation is 2. The number of aliphatic hydroxyl groups excluding tert-OH is 1. The molecular weight excluding hydrogens is 510 g/mol. The molecule has 39 heavy (non-hydrogen) atoms. The summed E-state index contributed by atoms with van der Waals surface area (Å²) < 4.78 is 36.4. The van der Waals surface area contributed by atoms with Crippen molar-refractivity contribution >= 4 is 16.0 Å². The SMILES string of the molecule is C[C@@H](C(=O)O[C@H](c1ccccc1)[C@H](C)N(C)S(=O)(=O)c1c2c(cc3c1CCCC3)CCCC2)[C@@H](O)C(C)(C)C. The third-order valence-corrected chi connectivity index (χ3v) is 10.8. The maximum absolute atomic E-state index is 14.5. The zero-order chi connectivity index (χ0) is 28.5. The van der Waals surface area contributed by atoms with Gasteiger partial charge in [-0.2, -0.15) is 4.31 Å². The quantitative estimate of drug-likeness (QED) is 0.418. The maximum atomic E-state index is 14.5. The molecule has 1 N–H and O–H groups in total. The Hall–Kier alpha value is -2.22. The fraction of sp³-hybridized carbons (Fsp3) is 0.594. The second kappa shape index (κ2) is 11.7. The largest absolute Gasteiger partial charge is 0.455 e. The van der Waals surface area contributed by atoms with Gasteiger partial charge in [-0.25, -0.2) is 8.42 Å². The monoisotopic (exact) mass is 555 g/mol. The van der Waals surface area contributed by atoms with E-state index in [0.717, 1.165) is 68.1 Å². The average Bonchev–Trinajstić information content (AvgIpc) is 2.92.